The maximum atomic E-state index is 14.5. The third kappa shape index (κ3) is 11.5. The number of aromatic nitrogens is 1. The number of nitrogens with zero attached hydrogens (tertiary/aromatic N) is 1. The quantitative estimate of drug-likeness (QED) is 0.288. The molecule has 39 heavy (non-hydrogen) atoms. The zero-order chi connectivity index (χ0) is 30.8. The van der Waals surface area contributed by atoms with E-state index in [1.54, 1.807) is 0 Å². The Labute approximate surface area is 232 Å². The Hall–Kier alpha value is -2.79. The summed E-state index contributed by atoms with van der Waals surface area (Å²) in [6.07, 6.45) is 1.84. The van der Waals surface area contributed by atoms with Crippen LogP contribution in [0.4, 0.5) is 18.9 Å². The first kappa shape index (κ1) is 38.4. The molecule has 0 aliphatic rings. The molecule has 2 N–H and O–H groups in total. The van der Waals surface area contributed by atoms with Gasteiger partial charge in [-0.25, -0.2) is 26.6 Å². The number of anilines is 1. The first-order chi connectivity index (χ1) is 18.3. The lowest BCUT2D eigenvalue weighted by atomic mass is 10.0. The largest absolute Gasteiger partial charge is 0.382 e. The topological polar surface area (TPSA) is 109 Å². The van der Waals surface area contributed by atoms with E-state index in [0.29, 0.717) is 12.8 Å². The monoisotopic (exact) mass is 575 g/mol. The van der Waals surface area contributed by atoms with E-state index in [9.17, 15) is 26.4 Å². The van der Waals surface area contributed by atoms with Gasteiger partial charge in [0.25, 0.3) is 5.91 Å². The molecule has 1 aromatic heterocycles. The van der Waals surface area contributed by atoms with Crippen molar-refractivity contribution in [3.8, 4) is 0 Å². The maximum absolute atomic E-state index is 14.5. The van der Waals surface area contributed by atoms with E-state index in [2.05, 4.69) is 15.0 Å². The molecule has 0 saturated heterocycles. The molecule has 2 rings (SSSR count). The highest BCUT2D eigenvalue weighted by Crippen LogP contribution is 2.35. The molecule has 1 heterocycles. The molecular weight excluding hydrogens is 531 g/mol. The number of hydrogen-bond donors (Lipinski definition) is 2. The molecule has 7 nitrogen and oxygen atoms in total. The van der Waals surface area contributed by atoms with Crippen molar-refractivity contribution in [2.24, 2.45) is 0 Å². The average Bonchev–Trinajstić information content (AvgIpc) is 2.92. The minimum absolute atomic E-state index is 0.0444. The van der Waals surface area contributed by atoms with Crippen molar-refractivity contribution in [3.05, 3.63) is 59.4 Å². The van der Waals surface area contributed by atoms with Gasteiger partial charge in [-0.3, -0.25) is 4.79 Å². The van der Waals surface area contributed by atoms with Crippen LogP contribution in [0.1, 0.15) is 89.5 Å². The van der Waals surface area contributed by atoms with Gasteiger partial charge in [0, 0.05) is 24.1 Å². The number of carbonyl (C=O) groups is 1. The van der Waals surface area contributed by atoms with Crippen LogP contribution in [0.15, 0.2) is 36.5 Å². The number of hydrogen-bond acceptors (Lipinski definition) is 6. The number of methoxy groups -OCH3 is 1. The van der Waals surface area contributed by atoms with Gasteiger partial charge in [-0.05, 0) is 57.5 Å². The lowest BCUT2D eigenvalue weighted by Gasteiger charge is -2.29. The summed E-state index contributed by atoms with van der Waals surface area (Å²) in [5.41, 5.74) is 0.0736. The summed E-state index contributed by atoms with van der Waals surface area (Å²) < 4.78 is 67.5. The van der Waals surface area contributed by atoms with Crippen molar-refractivity contribution >= 4 is 27.1 Å². The number of halogens is 3. The third-order valence-corrected chi connectivity index (χ3v) is 8.19. The number of pyridine rings is 1. The zero-order valence-electron chi connectivity index (χ0n) is 24.5. The summed E-state index contributed by atoms with van der Waals surface area (Å²) in [6, 6.07) is 5.89. The fourth-order valence-electron chi connectivity index (χ4n) is 3.05. The summed E-state index contributed by atoms with van der Waals surface area (Å²) in [4.78, 5) is 15.9. The molecule has 0 bridgehead atoms. The second kappa shape index (κ2) is 19.3. The van der Waals surface area contributed by atoms with Crippen molar-refractivity contribution < 1.29 is 31.1 Å². The smallest absolute Gasteiger partial charge is 0.274 e. The number of sulfone groups is 1. The first-order valence-electron chi connectivity index (χ1n) is 12.9. The molecule has 0 aliphatic heterocycles. The summed E-state index contributed by atoms with van der Waals surface area (Å²) in [6.45, 7) is 13.9. The number of alkyl halides is 1. The van der Waals surface area contributed by atoms with Crippen molar-refractivity contribution in [2.75, 3.05) is 25.7 Å². The Kier molecular flexibility index (Phi) is 19.0. The van der Waals surface area contributed by atoms with Crippen LogP contribution in [0, 0.1) is 17.0 Å². The fourth-order valence-corrected chi connectivity index (χ4v) is 4.89. The normalized spacial score (nSPS) is 11.4. The van der Waals surface area contributed by atoms with Gasteiger partial charge >= 0.3 is 0 Å². The minimum Gasteiger partial charge on any atom is -0.382 e. The Morgan fingerprint density at radius 3 is 2.15 bits per heavy atom. The van der Waals surface area contributed by atoms with Crippen molar-refractivity contribution in [3.63, 3.8) is 0 Å². The molecule has 0 aliphatic carbocycles. The Balaban J connectivity index is 0. The molecule has 222 valence electrons. The van der Waals surface area contributed by atoms with E-state index < -0.39 is 37.4 Å². The van der Waals surface area contributed by atoms with Gasteiger partial charge in [0.15, 0.2) is 9.84 Å². The van der Waals surface area contributed by atoms with Crippen LogP contribution in [0.5, 0.6) is 0 Å². The van der Waals surface area contributed by atoms with Gasteiger partial charge in [-0.15, -0.1) is 0 Å². The van der Waals surface area contributed by atoms with Crippen LogP contribution in [-0.4, -0.2) is 50.2 Å². The molecule has 1 aromatic carbocycles. The standard InChI is InChI=1S/C21H25F2N3O3S.C3H7FO.2C2H6/c1-5-6-19(24)21(3,4)30(28,29)13(2)16-11-15(8-9-17(16)23)26-20(27)18-10-7-14(22)12-25-18;1-5-3-2-4;2*1-2/h7-13,24H,5-6H2,1-4H3,(H,26,27);2-3H2,1H3;2*1-2H3. The van der Waals surface area contributed by atoms with Crippen molar-refractivity contribution in [1.29, 1.82) is 5.41 Å². The van der Waals surface area contributed by atoms with Crippen LogP contribution < -0.4 is 5.32 Å². The Morgan fingerprint density at radius 1 is 1.13 bits per heavy atom. The number of ether oxygens (including phenoxy) is 1. The number of carbonyl (C=O) groups excluding carboxylic acids is 1. The molecule has 2 aromatic rings. The summed E-state index contributed by atoms with van der Waals surface area (Å²) in [5, 5.41) is 9.40. The maximum Gasteiger partial charge on any atom is 0.274 e. The molecule has 11 heteroatoms. The number of rotatable bonds is 10. The summed E-state index contributed by atoms with van der Waals surface area (Å²) in [7, 11) is -2.50. The lowest BCUT2D eigenvalue weighted by Crippen LogP contribution is -2.42. The lowest BCUT2D eigenvalue weighted by molar-refractivity contribution is 0.102. The van der Waals surface area contributed by atoms with Gasteiger partial charge in [-0.2, -0.15) is 0 Å². The number of nitrogens with one attached hydrogen (secondary N) is 2. The summed E-state index contributed by atoms with van der Waals surface area (Å²) in [5.74, 6) is -1.97. The second-order valence-electron chi connectivity index (χ2n) is 8.16. The van der Waals surface area contributed by atoms with E-state index in [-0.39, 0.29) is 35.9 Å². The molecule has 1 atom stereocenters. The van der Waals surface area contributed by atoms with Gasteiger partial charge < -0.3 is 15.5 Å². The van der Waals surface area contributed by atoms with Crippen LogP contribution in [0.2, 0.25) is 0 Å². The minimum atomic E-state index is -3.97. The highest BCUT2D eigenvalue weighted by atomic mass is 32.2. The number of amides is 1. The van der Waals surface area contributed by atoms with Crippen LogP contribution in [0.3, 0.4) is 0 Å². The van der Waals surface area contributed by atoms with Gasteiger partial charge in [0.05, 0.1) is 18.1 Å². The van der Waals surface area contributed by atoms with E-state index >= 15 is 0 Å². The van der Waals surface area contributed by atoms with E-state index in [1.807, 2.05) is 34.6 Å². The highest BCUT2D eigenvalue weighted by Gasteiger charge is 2.43. The van der Waals surface area contributed by atoms with Gasteiger partial charge in [0.2, 0.25) is 0 Å². The van der Waals surface area contributed by atoms with Crippen molar-refractivity contribution in [2.45, 2.75) is 78.2 Å². The van der Waals surface area contributed by atoms with Crippen LogP contribution in [0.25, 0.3) is 0 Å². The van der Waals surface area contributed by atoms with Gasteiger partial charge in [0.1, 0.15) is 28.7 Å². The summed E-state index contributed by atoms with van der Waals surface area (Å²) >= 11 is 0. The van der Waals surface area contributed by atoms with Gasteiger partial charge in [-0.1, -0.05) is 41.0 Å². The molecule has 1 unspecified atom stereocenters. The third-order valence-electron chi connectivity index (χ3n) is 5.34. The Morgan fingerprint density at radius 2 is 1.72 bits per heavy atom. The molecular formula is C28H44F3N3O4S. The van der Waals surface area contributed by atoms with Crippen molar-refractivity contribution in [1.82, 2.24) is 4.98 Å². The zero-order valence-corrected chi connectivity index (χ0v) is 25.3. The molecule has 0 saturated carbocycles. The predicted molar refractivity (Wildman–Crippen MR) is 153 cm³/mol. The predicted octanol–water partition coefficient (Wildman–Crippen LogP) is 7.34. The SMILES string of the molecule is CC.CC.CCCC(=N)C(C)(C)S(=O)(=O)C(C)c1cc(NC(=O)c2ccc(F)cn2)ccc1F.COCCF. The Bertz CT molecular complexity index is 1110. The number of benzene rings is 1. The van der Waals surface area contributed by atoms with E-state index in [0.717, 1.165) is 18.3 Å². The second-order valence-corrected chi connectivity index (χ2v) is 11.0. The molecule has 0 spiro atoms. The first-order valence-corrected chi connectivity index (χ1v) is 14.5. The van der Waals surface area contributed by atoms with Crippen LogP contribution in [-0.2, 0) is 14.6 Å². The fraction of sp³-hybridized carbons (Fsp3) is 0.536. The molecule has 0 radical (unpaired) electrons. The van der Waals surface area contributed by atoms with Crippen LogP contribution >= 0.6 is 0 Å². The average molecular weight is 576 g/mol. The van der Waals surface area contributed by atoms with E-state index in [4.69, 9.17) is 5.41 Å². The van der Waals surface area contributed by atoms with E-state index in [1.165, 1.54) is 46.1 Å². The molecule has 1 amide bonds. The highest BCUT2D eigenvalue weighted by molar-refractivity contribution is 7.93. The molecule has 0 fully saturated rings.